The van der Waals surface area contributed by atoms with Gasteiger partial charge in [-0.3, -0.25) is 9.89 Å². The molecule has 3 saturated heterocycles. The maximum absolute atomic E-state index is 9.88. The predicted octanol–water partition coefficient (Wildman–Crippen LogP) is 0.148. The predicted molar refractivity (Wildman–Crippen MR) is 97.9 cm³/mol. The van der Waals surface area contributed by atoms with Crippen LogP contribution in [0.25, 0.3) is 0 Å². The van der Waals surface area contributed by atoms with E-state index in [-0.39, 0.29) is 12.0 Å². The van der Waals surface area contributed by atoms with Gasteiger partial charge in [-0.25, -0.2) is 0 Å². The summed E-state index contributed by atoms with van der Waals surface area (Å²) in [6, 6.07) is 0.600. The lowest BCUT2D eigenvalue weighted by Gasteiger charge is -2.35. The molecule has 1 atom stereocenters. The first-order valence-electron chi connectivity index (χ1n) is 9.80. The molecule has 144 valence electrons. The Morgan fingerprint density at radius 3 is 2.56 bits per heavy atom. The summed E-state index contributed by atoms with van der Waals surface area (Å²) >= 11 is 0. The van der Waals surface area contributed by atoms with Crippen molar-refractivity contribution >= 4 is 5.96 Å². The lowest BCUT2D eigenvalue weighted by Crippen LogP contribution is -2.47. The molecule has 0 bridgehead atoms. The van der Waals surface area contributed by atoms with Gasteiger partial charge in [-0.05, 0) is 26.2 Å². The van der Waals surface area contributed by atoms with E-state index in [0.717, 1.165) is 78.0 Å². The second-order valence-electron chi connectivity index (χ2n) is 7.48. The normalized spacial score (nSPS) is 28.3. The SMILES string of the molecule is CCNC(=NCC1(CO)CCOCC1)N1CCC(N2CCOCC2)C1. The standard InChI is InChI=1S/C18H34N4O3/c1-2-19-17(20-14-18(15-23)4-9-24-10-5-18)22-6-3-16(13-22)21-7-11-25-12-8-21/h16,23H,2-15H2,1H3,(H,19,20). The number of nitrogens with one attached hydrogen (secondary N) is 1. The van der Waals surface area contributed by atoms with Gasteiger partial charge in [-0.2, -0.15) is 0 Å². The number of ether oxygens (including phenoxy) is 2. The van der Waals surface area contributed by atoms with E-state index in [4.69, 9.17) is 14.5 Å². The van der Waals surface area contributed by atoms with Crippen molar-refractivity contribution in [2.75, 3.05) is 72.3 Å². The minimum atomic E-state index is -0.109. The Balaban J connectivity index is 1.60. The Morgan fingerprint density at radius 1 is 1.16 bits per heavy atom. The molecule has 0 amide bonds. The molecule has 0 saturated carbocycles. The lowest BCUT2D eigenvalue weighted by molar-refractivity contribution is -0.0107. The van der Waals surface area contributed by atoms with Gasteiger partial charge < -0.3 is 24.8 Å². The fraction of sp³-hybridized carbons (Fsp3) is 0.944. The molecule has 3 fully saturated rings. The second-order valence-corrected chi connectivity index (χ2v) is 7.48. The zero-order valence-corrected chi connectivity index (χ0v) is 15.6. The van der Waals surface area contributed by atoms with E-state index >= 15 is 0 Å². The van der Waals surface area contributed by atoms with E-state index in [1.165, 1.54) is 6.42 Å². The molecule has 3 rings (SSSR count). The minimum absolute atomic E-state index is 0.109. The fourth-order valence-corrected chi connectivity index (χ4v) is 4.01. The van der Waals surface area contributed by atoms with Crippen LogP contribution in [0, 0.1) is 5.41 Å². The third kappa shape index (κ3) is 4.84. The van der Waals surface area contributed by atoms with Crippen LogP contribution < -0.4 is 5.32 Å². The highest BCUT2D eigenvalue weighted by atomic mass is 16.5. The van der Waals surface area contributed by atoms with Crippen molar-refractivity contribution < 1.29 is 14.6 Å². The van der Waals surface area contributed by atoms with Crippen LogP contribution in [0.2, 0.25) is 0 Å². The summed E-state index contributed by atoms with van der Waals surface area (Å²) in [6.45, 7) is 11.2. The number of hydrogen-bond donors (Lipinski definition) is 2. The van der Waals surface area contributed by atoms with Gasteiger partial charge in [0.25, 0.3) is 0 Å². The molecule has 1 unspecified atom stereocenters. The monoisotopic (exact) mass is 354 g/mol. The van der Waals surface area contributed by atoms with Crippen LogP contribution in [0.5, 0.6) is 0 Å². The highest BCUT2D eigenvalue weighted by Crippen LogP contribution is 2.30. The van der Waals surface area contributed by atoms with Crippen molar-refractivity contribution in [1.29, 1.82) is 0 Å². The van der Waals surface area contributed by atoms with Crippen LogP contribution in [-0.2, 0) is 9.47 Å². The molecule has 3 heterocycles. The third-order valence-electron chi connectivity index (χ3n) is 5.81. The Morgan fingerprint density at radius 2 is 1.88 bits per heavy atom. The molecule has 0 aliphatic carbocycles. The van der Waals surface area contributed by atoms with Crippen molar-refractivity contribution in [3.63, 3.8) is 0 Å². The Hall–Kier alpha value is -0.890. The first kappa shape index (κ1) is 18.9. The van der Waals surface area contributed by atoms with Gasteiger partial charge in [0, 0.05) is 57.4 Å². The third-order valence-corrected chi connectivity index (χ3v) is 5.81. The van der Waals surface area contributed by atoms with Crippen LogP contribution in [0.3, 0.4) is 0 Å². The highest BCUT2D eigenvalue weighted by molar-refractivity contribution is 5.80. The number of rotatable bonds is 5. The summed E-state index contributed by atoms with van der Waals surface area (Å²) in [4.78, 5) is 9.85. The van der Waals surface area contributed by atoms with Gasteiger partial charge in [-0.1, -0.05) is 0 Å². The maximum atomic E-state index is 9.88. The molecular formula is C18H34N4O3. The number of aliphatic hydroxyl groups excluding tert-OH is 1. The van der Waals surface area contributed by atoms with Crippen molar-refractivity contribution in [2.24, 2.45) is 10.4 Å². The van der Waals surface area contributed by atoms with Crippen LogP contribution in [0.4, 0.5) is 0 Å². The van der Waals surface area contributed by atoms with Crippen molar-refractivity contribution in [2.45, 2.75) is 32.2 Å². The van der Waals surface area contributed by atoms with E-state index in [9.17, 15) is 5.11 Å². The topological polar surface area (TPSA) is 69.6 Å². The molecule has 3 aliphatic heterocycles. The Labute approximate surface area is 151 Å². The molecule has 0 aromatic rings. The summed E-state index contributed by atoms with van der Waals surface area (Å²) in [5.74, 6) is 0.998. The van der Waals surface area contributed by atoms with Gasteiger partial charge >= 0.3 is 0 Å². The average Bonchev–Trinajstić information content (AvgIpc) is 3.16. The molecule has 25 heavy (non-hydrogen) atoms. The van der Waals surface area contributed by atoms with Crippen molar-refractivity contribution in [1.82, 2.24) is 15.1 Å². The summed E-state index contributed by atoms with van der Waals surface area (Å²) in [7, 11) is 0. The van der Waals surface area contributed by atoms with Crippen molar-refractivity contribution in [3.05, 3.63) is 0 Å². The number of aliphatic hydroxyl groups is 1. The molecule has 7 nitrogen and oxygen atoms in total. The minimum Gasteiger partial charge on any atom is -0.396 e. The largest absolute Gasteiger partial charge is 0.396 e. The number of guanidine groups is 1. The van der Waals surface area contributed by atoms with Gasteiger partial charge in [0.2, 0.25) is 0 Å². The van der Waals surface area contributed by atoms with Gasteiger partial charge in [-0.15, -0.1) is 0 Å². The lowest BCUT2D eigenvalue weighted by atomic mass is 9.81. The number of aliphatic imine (C=N–C) groups is 1. The average molecular weight is 354 g/mol. The fourth-order valence-electron chi connectivity index (χ4n) is 4.01. The van der Waals surface area contributed by atoms with Gasteiger partial charge in [0.1, 0.15) is 0 Å². The van der Waals surface area contributed by atoms with E-state index in [2.05, 4.69) is 22.0 Å². The van der Waals surface area contributed by atoms with Crippen LogP contribution in [-0.4, -0.2) is 99.2 Å². The van der Waals surface area contributed by atoms with E-state index in [1.807, 2.05) is 0 Å². The molecule has 3 aliphatic rings. The molecule has 0 aromatic carbocycles. The number of nitrogens with zero attached hydrogens (tertiary/aromatic N) is 3. The highest BCUT2D eigenvalue weighted by Gasteiger charge is 2.33. The molecule has 0 radical (unpaired) electrons. The molecular weight excluding hydrogens is 320 g/mol. The smallest absolute Gasteiger partial charge is 0.193 e. The maximum Gasteiger partial charge on any atom is 0.193 e. The number of likely N-dealkylation sites (tertiary alicyclic amines) is 1. The molecule has 0 aromatic heterocycles. The summed E-state index contributed by atoms with van der Waals surface area (Å²) < 4.78 is 10.9. The first-order chi connectivity index (χ1) is 12.3. The van der Waals surface area contributed by atoms with E-state index in [1.54, 1.807) is 0 Å². The van der Waals surface area contributed by atoms with Crippen LogP contribution >= 0.6 is 0 Å². The molecule has 0 spiro atoms. The zero-order chi connectivity index (χ0) is 17.5. The quantitative estimate of drug-likeness (QED) is 0.541. The van der Waals surface area contributed by atoms with E-state index < -0.39 is 0 Å². The van der Waals surface area contributed by atoms with E-state index in [0.29, 0.717) is 12.6 Å². The molecule has 7 heteroatoms. The molecule has 2 N–H and O–H groups in total. The van der Waals surface area contributed by atoms with Gasteiger partial charge in [0.15, 0.2) is 5.96 Å². The first-order valence-corrected chi connectivity index (χ1v) is 9.80. The van der Waals surface area contributed by atoms with Crippen molar-refractivity contribution in [3.8, 4) is 0 Å². The Kier molecular flexibility index (Phi) is 6.92. The second kappa shape index (κ2) is 9.16. The van der Waals surface area contributed by atoms with Crippen LogP contribution in [0.1, 0.15) is 26.2 Å². The van der Waals surface area contributed by atoms with Gasteiger partial charge in [0.05, 0.1) is 26.4 Å². The number of hydrogen-bond acceptors (Lipinski definition) is 5. The van der Waals surface area contributed by atoms with Crippen LogP contribution in [0.15, 0.2) is 4.99 Å². The summed E-state index contributed by atoms with van der Waals surface area (Å²) in [5.41, 5.74) is -0.109. The summed E-state index contributed by atoms with van der Waals surface area (Å²) in [5, 5.41) is 13.3. The number of morpholine rings is 1. The summed E-state index contributed by atoms with van der Waals surface area (Å²) in [6.07, 6.45) is 2.97. The Bertz CT molecular complexity index is 434. The zero-order valence-electron chi connectivity index (χ0n) is 15.6.